The summed E-state index contributed by atoms with van der Waals surface area (Å²) < 4.78 is 1.94. The fourth-order valence-electron chi connectivity index (χ4n) is 5.52. The van der Waals surface area contributed by atoms with Crippen LogP contribution in [0.15, 0.2) is 24.5 Å². The second-order valence-corrected chi connectivity index (χ2v) is 11.5. The minimum Gasteiger partial charge on any atom is -0.396 e. The molecule has 1 aliphatic carbocycles. The Labute approximate surface area is 246 Å². The summed E-state index contributed by atoms with van der Waals surface area (Å²) in [7, 11) is 0. The zero-order valence-corrected chi connectivity index (χ0v) is 24.7. The topological polar surface area (TPSA) is 150 Å². The van der Waals surface area contributed by atoms with Crippen LogP contribution in [0.1, 0.15) is 78.1 Å². The fourth-order valence-corrected chi connectivity index (χ4v) is 5.52. The number of aliphatic hydroxyl groups excluding tert-OH is 1. The van der Waals surface area contributed by atoms with Crippen molar-refractivity contribution in [3.05, 3.63) is 47.0 Å². The number of hydrogen-bond acceptors (Lipinski definition) is 7. The Hall–Kier alpha value is -3.80. The van der Waals surface area contributed by atoms with Crippen LogP contribution in [0, 0.1) is 5.92 Å². The van der Waals surface area contributed by atoms with Crippen LogP contribution in [0.4, 0.5) is 0 Å². The highest BCUT2D eigenvalue weighted by Gasteiger charge is 2.31. The van der Waals surface area contributed by atoms with Gasteiger partial charge in [-0.2, -0.15) is 5.10 Å². The lowest BCUT2D eigenvalue weighted by atomic mass is 9.91. The molecule has 0 saturated carbocycles. The van der Waals surface area contributed by atoms with Crippen LogP contribution in [0.3, 0.4) is 0 Å². The fraction of sp³-hybridized carbons (Fsp3) is 0.600. The molecule has 1 atom stereocenters. The molecule has 42 heavy (non-hydrogen) atoms. The molecule has 1 unspecified atom stereocenters. The van der Waals surface area contributed by atoms with E-state index in [1.807, 2.05) is 4.68 Å². The molecule has 228 valence electrons. The molecular formula is C30H43N7O5. The lowest BCUT2D eigenvalue weighted by Crippen LogP contribution is -2.46. The first-order valence-corrected chi connectivity index (χ1v) is 15.0. The molecule has 12 nitrogen and oxygen atoms in total. The van der Waals surface area contributed by atoms with Gasteiger partial charge >= 0.3 is 0 Å². The van der Waals surface area contributed by atoms with Crippen LogP contribution in [0.25, 0.3) is 0 Å². The van der Waals surface area contributed by atoms with Crippen LogP contribution in [0.2, 0.25) is 0 Å². The van der Waals surface area contributed by atoms with Crippen LogP contribution in [-0.4, -0.2) is 98.7 Å². The van der Waals surface area contributed by atoms with Crippen LogP contribution in [0.5, 0.6) is 0 Å². The predicted octanol–water partition coefficient (Wildman–Crippen LogP) is 1.17. The Morgan fingerprint density at radius 2 is 1.90 bits per heavy atom. The van der Waals surface area contributed by atoms with Gasteiger partial charge in [0.05, 0.1) is 6.54 Å². The zero-order chi connectivity index (χ0) is 30.1. The molecule has 3 heterocycles. The van der Waals surface area contributed by atoms with Crippen LogP contribution < -0.4 is 10.6 Å². The lowest BCUT2D eigenvalue weighted by Gasteiger charge is -2.27. The molecule has 2 aliphatic rings. The molecule has 0 aromatic carbocycles. The minimum absolute atomic E-state index is 0.0877. The maximum atomic E-state index is 13.4. The number of hydrogen-bond donors (Lipinski definition) is 3. The molecule has 0 spiro atoms. The highest BCUT2D eigenvalue weighted by atomic mass is 16.3. The summed E-state index contributed by atoms with van der Waals surface area (Å²) in [5.74, 6) is -0.505. The SMILES string of the molecule is CC(C)CCn1nc2c3c1CCC(C3)NC(=O)CN(CCCO)C(=O)CCCN(C(=O)c1ccncc1)CCNC2=O. The van der Waals surface area contributed by atoms with E-state index in [4.69, 9.17) is 5.10 Å². The monoisotopic (exact) mass is 581 g/mol. The Balaban J connectivity index is 1.60. The van der Waals surface area contributed by atoms with Crippen molar-refractivity contribution in [2.45, 2.75) is 71.4 Å². The van der Waals surface area contributed by atoms with E-state index >= 15 is 0 Å². The summed E-state index contributed by atoms with van der Waals surface area (Å²) >= 11 is 0. The van der Waals surface area contributed by atoms with Crippen molar-refractivity contribution in [2.24, 2.45) is 5.92 Å². The van der Waals surface area contributed by atoms with E-state index in [0.29, 0.717) is 62.4 Å². The van der Waals surface area contributed by atoms with Gasteiger partial charge in [0.25, 0.3) is 11.8 Å². The number of nitrogens with one attached hydrogen (secondary N) is 2. The number of aliphatic hydroxyl groups is 1. The third-order valence-corrected chi connectivity index (χ3v) is 7.82. The first-order chi connectivity index (χ1) is 20.3. The van der Waals surface area contributed by atoms with Crippen molar-refractivity contribution in [1.29, 1.82) is 0 Å². The zero-order valence-electron chi connectivity index (χ0n) is 24.7. The molecule has 4 rings (SSSR count). The van der Waals surface area contributed by atoms with Gasteiger partial charge in [-0.25, -0.2) is 0 Å². The van der Waals surface area contributed by atoms with Crippen molar-refractivity contribution in [3.8, 4) is 0 Å². The smallest absolute Gasteiger partial charge is 0.272 e. The average molecular weight is 582 g/mol. The van der Waals surface area contributed by atoms with Gasteiger partial charge < -0.3 is 25.5 Å². The molecule has 0 saturated heterocycles. The molecule has 0 radical (unpaired) electrons. The Morgan fingerprint density at radius 3 is 2.64 bits per heavy atom. The number of amides is 4. The summed E-state index contributed by atoms with van der Waals surface area (Å²) in [5, 5.41) is 20.1. The summed E-state index contributed by atoms with van der Waals surface area (Å²) in [6, 6.07) is 3.09. The Kier molecular flexibility index (Phi) is 11.0. The Morgan fingerprint density at radius 1 is 1.12 bits per heavy atom. The number of carbonyl (C=O) groups excluding carboxylic acids is 4. The average Bonchev–Trinajstić information content (AvgIpc) is 3.34. The molecule has 3 N–H and O–H groups in total. The van der Waals surface area contributed by atoms with E-state index in [0.717, 1.165) is 17.7 Å². The van der Waals surface area contributed by atoms with Gasteiger partial charge in [0.2, 0.25) is 11.8 Å². The van der Waals surface area contributed by atoms with Gasteiger partial charge in [0.15, 0.2) is 5.69 Å². The molecular weight excluding hydrogens is 538 g/mol. The minimum atomic E-state index is -0.299. The van der Waals surface area contributed by atoms with E-state index in [-0.39, 0.29) is 68.9 Å². The third kappa shape index (κ3) is 8.15. The van der Waals surface area contributed by atoms with Crippen molar-refractivity contribution >= 4 is 23.6 Å². The van der Waals surface area contributed by atoms with E-state index in [9.17, 15) is 24.3 Å². The molecule has 2 aromatic rings. The summed E-state index contributed by atoms with van der Waals surface area (Å²) in [6.07, 6.45) is 6.80. The highest BCUT2D eigenvalue weighted by molar-refractivity contribution is 5.95. The van der Waals surface area contributed by atoms with E-state index in [1.54, 1.807) is 29.4 Å². The maximum absolute atomic E-state index is 13.4. The molecule has 1 aliphatic heterocycles. The van der Waals surface area contributed by atoms with Gasteiger partial charge in [-0.05, 0) is 56.6 Å². The Bertz CT molecular complexity index is 1250. The second-order valence-electron chi connectivity index (χ2n) is 11.5. The number of pyridine rings is 1. The number of rotatable bonds is 7. The molecule has 12 heteroatoms. The first kappa shape index (κ1) is 31.1. The number of carbonyl (C=O) groups is 4. The van der Waals surface area contributed by atoms with Crippen LogP contribution in [-0.2, 0) is 29.0 Å². The van der Waals surface area contributed by atoms with Crippen molar-refractivity contribution in [2.75, 3.05) is 39.3 Å². The quantitative estimate of drug-likeness (QED) is 0.444. The molecule has 2 aromatic heterocycles. The van der Waals surface area contributed by atoms with Crippen molar-refractivity contribution in [1.82, 2.24) is 35.2 Å². The second kappa shape index (κ2) is 14.9. The van der Waals surface area contributed by atoms with E-state index in [1.165, 1.54) is 4.90 Å². The van der Waals surface area contributed by atoms with Crippen LogP contribution >= 0.6 is 0 Å². The van der Waals surface area contributed by atoms with E-state index < -0.39 is 0 Å². The van der Waals surface area contributed by atoms with Crippen molar-refractivity contribution < 1.29 is 24.3 Å². The summed E-state index contributed by atoms with van der Waals surface area (Å²) in [5.41, 5.74) is 2.70. The molecule has 2 bridgehead atoms. The highest BCUT2D eigenvalue weighted by Crippen LogP contribution is 2.26. The molecule has 0 fully saturated rings. The van der Waals surface area contributed by atoms with Crippen molar-refractivity contribution in [3.63, 3.8) is 0 Å². The number of aryl methyl sites for hydroxylation is 1. The normalized spacial score (nSPS) is 19.0. The third-order valence-electron chi connectivity index (χ3n) is 7.82. The van der Waals surface area contributed by atoms with Gasteiger partial charge in [-0.1, -0.05) is 13.8 Å². The standard InChI is InChI=1S/C30H43N7O5/c1-21(2)10-16-37-25-7-6-23-19-24(25)28(34-37)29(41)32-13-17-35(30(42)22-8-11-31-12-9-22)14-3-5-27(40)36(15-4-18-38)20-26(39)33-23/h8-9,11-12,21,23,38H,3-7,10,13-20H2,1-2H3,(H,32,41)(H,33,39). The maximum Gasteiger partial charge on any atom is 0.272 e. The largest absolute Gasteiger partial charge is 0.396 e. The number of aromatic nitrogens is 3. The van der Waals surface area contributed by atoms with E-state index in [2.05, 4.69) is 29.5 Å². The summed E-state index contributed by atoms with van der Waals surface area (Å²) in [4.78, 5) is 60.0. The molecule has 4 amide bonds. The summed E-state index contributed by atoms with van der Waals surface area (Å²) in [6.45, 7) is 5.86. The van der Waals surface area contributed by atoms with Gasteiger partial charge in [0, 0.05) is 81.0 Å². The predicted molar refractivity (Wildman–Crippen MR) is 156 cm³/mol. The lowest BCUT2D eigenvalue weighted by molar-refractivity contribution is -0.136. The van der Waals surface area contributed by atoms with Gasteiger partial charge in [0.1, 0.15) is 0 Å². The van der Waals surface area contributed by atoms with Gasteiger partial charge in [-0.15, -0.1) is 0 Å². The van der Waals surface area contributed by atoms with Gasteiger partial charge in [-0.3, -0.25) is 28.8 Å². The first-order valence-electron chi connectivity index (χ1n) is 15.0. The number of nitrogens with zero attached hydrogens (tertiary/aromatic N) is 5. The number of fused-ring (bicyclic) bond motifs is 1.